The molecule has 4 nitrogen and oxygen atoms in total. The number of aliphatic hydroxyl groups is 1. The minimum absolute atomic E-state index is 0. The van der Waals surface area contributed by atoms with Crippen LogP contribution in [0.2, 0.25) is 0 Å². The van der Waals surface area contributed by atoms with Crippen LogP contribution in [-0.2, 0) is 10.1 Å². The van der Waals surface area contributed by atoms with Gasteiger partial charge in [-0.2, -0.15) is 0 Å². The predicted molar refractivity (Wildman–Crippen MR) is 119 cm³/mol. The first-order chi connectivity index (χ1) is 13.4. The van der Waals surface area contributed by atoms with Gasteiger partial charge in [0, 0.05) is 5.25 Å². The molecule has 170 valence electrons. The third kappa shape index (κ3) is 24.0. The second-order valence-electron chi connectivity index (χ2n) is 8.63. The normalized spacial score (nSPS) is 13.8. The first kappa shape index (κ1) is 32.7. The molecule has 0 aliphatic heterocycles. The molecular weight excluding hydrogens is 411 g/mol. The van der Waals surface area contributed by atoms with Gasteiger partial charge >= 0.3 is 51.4 Å². The van der Waals surface area contributed by atoms with Crippen LogP contribution in [0.4, 0.5) is 0 Å². The molecule has 2 atom stereocenters. The molecule has 0 aliphatic rings. The molecule has 0 radical (unpaired) electrons. The van der Waals surface area contributed by atoms with Crippen molar-refractivity contribution in [3.8, 4) is 0 Å². The van der Waals surface area contributed by atoms with Gasteiger partial charge in [0.2, 0.25) is 0 Å². The van der Waals surface area contributed by atoms with E-state index in [9.17, 15) is 18.1 Å². The third-order valence-corrected chi connectivity index (χ3v) is 7.00. The minimum atomic E-state index is -4.10. The van der Waals surface area contributed by atoms with E-state index >= 15 is 0 Å². The van der Waals surface area contributed by atoms with Crippen LogP contribution in [-0.4, -0.2) is 29.4 Å². The quantitative estimate of drug-likeness (QED) is 0.162. The first-order valence-electron chi connectivity index (χ1n) is 12.0. The van der Waals surface area contributed by atoms with E-state index in [1.807, 2.05) is 0 Å². The Bertz CT molecular complexity index is 429. The van der Waals surface area contributed by atoms with Gasteiger partial charge in [0.1, 0.15) is 0 Å². The van der Waals surface area contributed by atoms with Gasteiger partial charge in [-0.15, -0.1) is 0 Å². The predicted octanol–water partition coefficient (Wildman–Crippen LogP) is 3.72. The Labute approximate surface area is 224 Å². The van der Waals surface area contributed by atoms with Crippen LogP contribution in [0.25, 0.3) is 0 Å². The van der Waals surface area contributed by atoms with E-state index in [0.717, 1.165) is 38.5 Å². The van der Waals surface area contributed by atoms with Gasteiger partial charge < -0.3 is 9.66 Å². The molecule has 0 saturated heterocycles. The zero-order valence-corrected chi connectivity index (χ0v) is 23.6. The molecule has 0 aromatic rings. The summed E-state index contributed by atoms with van der Waals surface area (Å²) in [5, 5.41) is 9.30. The number of hydrogen-bond donors (Lipinski definition) is 1. The van der Waals surface area contributed by atoms with E-state index in [4.69, 9.17) is 0 Å². The van der Waals surface area contributed by atoms with Gasteiger partial charge in [0.05, 0.1) is 16.2 Å². The molecule has 2 unspecified atom stereocenters. The Kier molecular flexibility index (Phi) is 25.6. The number of hydrogen-bond acceptors (Lipinski definition) is 4. The summed E-state index contributed by atoms with van der Waals surface area (Å²) in [6, 6.07) is 0. The Morgan fingerprint density at radius 2 is 0.966 bits per heavy atom. The van der Waals surface area contributed by atoms with Crippen molar-refractivity contribution in [2.24, 2.45) is 0 Å². The van der Waals surface area contributed by atoms with Crippen molar-refractivity contribution in [3.63, 3.8) is 0 Å². The summed E-state index contributed by atoms with van der Waals surface area (Å²) >= 11 is 0. The SMILES string of the molecule is CCCCCCCCCC(O)CCCCCCCCCCCC(C)S(=O)(=O)[O-].[K+]. The largest absolute Gasteiger partial charge is 1.00 e. The monoisotopic (exact) mass is 458 g/mol. The second kappa shape index (κ2) is 22.7. The zero-order valence-electron chi connectivity index (χ0n) is 19.7. The number of rotatable bonds is 21. The van der Waals surface area contributed by atoms with Gasteiger partial charge in [-0.25, -0.2) is 8.42 Å². The van der Waals surface area contributed by atoms with Crippen molar-refractivity contribution in [3.05, 3.63) is 0 Å². The fourth-order valence-corrected chi connectivity index (χ4v) is 4.13. The fourth-order valence-electron chi connectivity index (χ4n) is 3.67. The van der Waals surface area contributed by atoms with E-state index in [0.29, 0.717) is 6.42 Å². The molecule has 0 aromatic heterocycles. The van der Waals surface area contributed by atoms with Crippen LogP contribution in [0.3, 0.4) is 0 Å². The standard InChI is InChI=1S/C23H48O4S.K/c1-3-4-5-6-10-14-17-20-23(24)21-18-15-12-9-7-8-11-13-16-19-22(2)28(25,26)27;/h22-24H,3-21H2,1-2H3,(H,25,26,27);/q;+1/p-1. The Hall–Kier alpha value is 1.51. The van der Waals surface area contributed by atoms with Gasteiger partial charge in [-0.3, -0.25) is 0 Å². The van der Waals surface area contributed by atoms with Gasteiger partial charge in [-0.1, -0.05) is 110 Å². The summed E-state index contributed by atoms with van der Waals surface area (Å²) < 4.78 is 32.4. The van der Waals surface area contributed by atoms with Crippen LogP contribution >= 0.6 is 0 Å². The average molecular weight is 459 g/mol. The molecule has 0 aliphatic carbocycles. The molecule has 0 aromatic carbocycles. The van der Waals surface area contributed by atoms with Gasteiger partial charge in [0.25, 0.3) is 0 Å². The van der Waals surface area contributed by atoms with E-state index in [-0.39, 0.29) is 57.5 Å². The molecule has 0 saturated carbocycles. The van der Waals surface area contributed by atoms with Crippen molar-refractivity contribution in [2.75, 3.05) is 0 Å². The Morgan fingerprint density at radius 3 is 1.31 bits per heavy atom. The van der Waals surface area contributed by atoms with E-state index < -0.39 is 15.4 Å². The molecular formula is C23H47KO4S. The maximum Gasteiger partial charge on any atom is 1.00 e. The van der Waals surface area contributed by atoms with Crippen LogP contribution in [0.15, 0.2) is 0 Å². The zero-order chi connectivity index (χ0) is 21.1. The Morgan fingerprint density at radius 1 is 0.655 bits per heavy atom. The fraction of sp³-hybridized carbons (Fsp3) is 1.00. The van der Waals surface area contributed by atoms with Crippen LogP contribution < -0.4 is 51.4 Å². The number of unbranched alkanes of at least 4 members (excludes halogenated alkanes) is 14. The van der Waals surface area contributed by atoms with E-state index in [1.54, 1.807) is 0 Å². The summed E-state index contributed by atoms with van der Waals surface area (Å²) in [7, 11) is -4.10. The third-order valence-electron chi connectivity index (χ3n) is 5.78. The summed E-state index contributed by atoms with van der Waals surface area (Å²) in [4.78, 5) is 0. The van der Waals surface area contributed by atoms with Crippen molar-refractivity contribution < 1.29 is 69.5 Å². The molecule has 0 rings (SSSR count). The maximum absolute atomic E-state index is 10.8. The number of aliphatic hydroxyl groups excluding tert-OH is 1. The smallest absolute Gasteiger partial charge is 0.748 e. The topological polar surface area (TPSA) is 77.4 Å². The minimum Gasteiger partial charge on any atom is -0.748 e. The van der Waals surface area contributed by atoms with Gasteiger partial charge in [0.15, 0.2) is 0 Å². The Balaban J connectivity index is 0. The van der Waals surface area contributed by atoms with Gasteiger partial charge in [-0.05, 0) is 26.2 Å². The molecule has 1 N–H and O–H groups in total. The first-order valence-corrected chi connectivity index (χ1v) is 13.5. The van der Waals surface area contributed by atoms with E-state index in [1.165, 1.54) is 84.0 Å². The summed E-state index contributed by atoms with van der Waals surface area (Å²) in [6.07, 6.45) is 21.7. The van der Waals surface area contributed by atoms with Crippen molar-refractivity contribution in [2.45, 2.75) is 147 Å². The van der Waals surface area contributed by atoms with Crippen LogP contribution in [0, 0.1) is 0 Å². The molecule has 0 spiro atoms. The molecule has 0 amide bonds. The molecule has 29 heavy (non-hydrogen) atoms. The van der Waals surface area contributed by atoms with E-state index in [2.05, 4.69) is 6.92 Å². The molecule has 0 fully saturated rings. The van der Waals surface area contributed by atoms with Crippen molar-refractivity contribution in [1.29, 1.82) is 0 Å². The summed E-state index contributed by atoms with van der Waals surface area (Å²) in [5.74, 6) is 0. The van der Waals surface area contributed by atoms with Crippen molar-refractivity contribution in [1.82, 2.24) is 0 Å². The summed E-state index contributed by atoms with van der Waals surface area (Å²) in [5.41, 5.74) is 0. The second-order valence-corrected chi connectivity index (χ2v) is 10.4. The molecule has 6 heteroatoms. The molecule has 0 bridgehead atoms. The summed E-state index contributed by atoms with van der Waals surface area (Å²) in [6.45, 7) is 3.75. The average Bonchev–Trinajstić information content (AvgIpc) is 2.64. The molecule has 0 heterocycles. The van der Waals surface area contributed by atoms with Crippen LogP contribution in [0.5, 0.6) is 0 Å². The van der Waals surface area contributed by atoms with Crippen LogP contribution in [0.1, 0.15) is 136 Å². The maximum atomic E-state index is 10.8. The van der Waals surface area contributed by atoms with Crippen molar-refractivity contribution >= 4 is 10.1 Å².